The van der Waals surface area contributed by atoms with E-state index >= 15 is 0 Å². The standard InChI is InChI=1S/C27H26FN5O/c1-32-26(34)24(20-7-9-22(28)10-8-20)25(21-11-13-29-14-12-21)31-27(32)33-16-15-30-23(18-33)17-19-5-3-2-4-6-19/h2-14,23,30H,15-18H2,1H3/t23-/m0/s1. The van der Waals surface area contributed by atoms with Crippen LogP contribution in [0.4, 0.5) is 10.3 Å². The van der Waals surface area contributed by atoms with E-state index in [9.17, 15) is 9.18 Å². The van der Waals surface area contributed by atoms with Gasteiger partial charge in [-0.25, -0.2) is 9.37 Å². The molecule has 0 saturated carbocycles. The molecule has 7 heteroatoms. The quantitative estimate of drug-likeness (QED) is 0.498. The van der Waals surface area contributed by atoms with E-state index < -0.39 is 0 Å². The molecule has 172 valence electrons. The lowest BCUT2D eigenvalue weighted by Gasteiger charge is -2.35. The summed E-state index contributed by atoms with van der Waals surface area (Å²) in [5.41, 5.74) is 3.56. The van der Waals surface area contributed by atoms with Crippen LogP contribution in [-0.4, -0.2) is 40.2 Å². The molecule has 6 nitrogen and oxygen atoms in total. The van der Waals surface area contributed by atoms with E-state index in [-0.39, 0.29) is 17.4 Å². The van der Waals surface area contributed by atoms with Crippen LogP contribution in [0, 0.1) is 5.82 Å². The number of hydrogen-bond donors (Lipinski definition) is 1. The van der Waals surface area contributed by atoms with Gasteiger partial charge in [0, 0.05) is 50.7 Å². The highest BCUT2D eigenvalue weighted by Crippen LogP contribution is 2.30. The highest BCUT2D eigenvalue weighted by atomic mass is 19.1. The fourth-order valence-electron chi connectivity index (χ4n) is 4.51. The van der Waals surface area contributed by atoms with Crippen molar-refractivity contribution in [1.29, 1.82) is 0 Å². The van der Waals surface area contributed by atoms with E-state index in [2.05, 4.69) is 39.5 Å². The van der Waals surface area contributed by atoms with Crippen LogP contribution >= 0.6 is 0 Å². The van der Waals surface area contributed by atoms with Crippen molar-refractivity contribution in [2.24, 2.45) is 7.05 Å². The van der Waals surface area contributed by atoms with E-state index in [1.54, 1.807) is 36.1 Å². The highest BCUT2D eigenvalue weighted by Gasteiger charge is 2.25. The van der Waals surface area contributed by atoms with Crippen molar-refractivity contribution in [2.75, 3.05) is 24.5 Å². The second kappa shape index (κ2) is 9.57. The Kier molecular flexibility index (Phi) is 6.18. The van der Waals surface area contributed by atoms with Gasteiger partial charge in [0.05, 0.1) is 11.3 Å². The van der Waals surface area contributed by atoms with Gasteiger partial charge in [0.2, 0.25) is 5.95 Å². The summed E-state index contributed by atoms with van der Waals surface area (Å²) in [5.74, 6) is 0.281. The lowest BCUT2D eigenvalue weighted by molar-refractivity contribution is 0.446. The summed E-state index contributed by atoms with van der Waals surface area (Å²) >= 11 is 0. The van der Waals surface area contributed by atoms with Crippen LogP contribution in [0.3, 0.4) is 0 Å². The third-order valence-electron chi connectivity index (χ3n) is 6.22. The molecule has 1 aliphatic rings. The average molecular weight is 456 g/mol. The van der Waals surface area contributed by atoms with Gasteiger partial charge in [-0.15, -0.1) is 0 Å². The lowest BCUT2D eigenvalue weighted by Crippen LogP contribution is -2.53. The van der Waals surface area contributed by atoms with Crippen molar-refractivity contribution in [3.05, 3.63) is 101 Å². The zero-order chi connectivity index (χ0) is 23.5. The van der Waals surface area contributed by atoms with Crippen molar-refractivity contribution in [1.82, 2.24) is 19.9 Å². The summed E-state index contributed by atoms with van der Waals surface area (Å²) in [6.45, 7) is 2.29. The van der Waals surface area contributed by atoms with Crippen molar-refractivity contribution in [3.8, 4) is 22.4 Å². The number of piperazine rings is 1. The summed E-state index contributed by atoms with van der Waals surface area (Å²) in [6.07, 6.45) is 4.27. The van der Waals surface area contributed by atoms with Gasteiger partial charge in [-0.2, -0.15) is 0 Å². The molecule has 34 heavy (non-hydrogen) atoms. The summed E-state index contributed by atoms with van der Waals surface area (Å²) in [5, 5.41) is 3.59. The van der Waals surface area contributed by atoms with Gasteiger partial charge in [0.25, 0.3) is 5.56 Å². The fraction of sp³-hybridized carbons (Fsp3) is 0.222. The second-order valence-corrected chi connectivity index (χ2v) is 8.53. The van der Waals surface area contributed by atoms with Crippen LogP contribution in [0.15, 0.2) is 83.9 Å². The minimum atomic E-state index is -0.346. The largest absolute Gasteiger partial charge is 0.339 e. The number of benzene rings is 2. The smallest absolute Gasteiger partial charge is 0.263 e. The van der Waals surface area contributed by atoms with Crippen LogP contribution in [0.5, 0.6) is 0 Å². The van der Waals surface area contributed by atoms with Gasteiger partial charge in [0.1, 0.15) is 5.82 Å². The first-order valence-electron chi connectivity index (χ1n) is 11.4. The van der Waals surface area contributed by atoms with Gasteiger partial charge in [0.15, 0.2) is 0 Å². The summed E-state index contributed by atoms with van der Waals surface area (Å²) in [6, 6.07) is 20.3. The molecule has 1 N–H and O–H groups in total. The van der Waals surface area contributed by atoms with Gasteiger partial charge < -0.3 is 10.2 Å². The number of nitrogens with one attached hydrogen (secondary N) is 1. The number of nitrogens with zero attached hydrogens (tertiary/aromatic N) is 4. The Labute approximate surface area is 197 Å². The Bertz CT molecular complexity index is 1320. The minimum absolute atomic E-state index is 0.165. The molecule has 1 aliphatic heterocycles. The van der Waals surface area contributed by atoms with Crippen LogP contribution in [0.1, 0.15) is 5.56 Å². The van der Waals surface area contributed by atoms with E-state index in [1.165, 1.54) is 17.7 Å². The Morgan fingerprint density at radius 2 is 1.74 bits per heavy atom. The third-order valence-corrected chi connectivity index (χ3v) is 6.22. The van der Waals surface area contributed by atoms with Crippen molar-refractivity contribution in [2.45, 2.75) is 12.5 Å². The molecule has 0 unspecified atom stereocenters. The van der Waals surface area contributed by atoms with E-state index in [0.717, 1.165) is 31.6 Å². The molecule has 0 aliphatic carbocycles. The van der Waals surface area contributed by atoms with Gasteiger partial charge in [-0.05, 0) is 41.8 Å². The Hall–Kier alpha value is -3.84. The SMILES string of the molecule is Cn1c(N2CCN[C@@H](Cc3ccccc3)C2)nc(-c2ccncc2)c(-c2ccc(F)cc2)c1=O. The normalized spacial score (nSPS) is 15.9. The van der Waals surface area contributed by atoms with E-state index in [4.69, 9.17) is 4.98 Å². The molecule has 1 saturated heterocycles. The molecule has 0 amide bonds. The number of pyridine rings is 1. The summed E-state index contributed by atoms with van der Waals surface area (Å²) < 4.78 is 15.2. The first-order chi connectivity index (χ1) is 16.6. The van der Waals surface area contributed by atoms with Gasteiger partial charge in [-0.3, -0.25) is 14.3 Å². The Morgan fingerprint density at radius 3 is 2.47 bits per heavy atom. The molecular weight excluding hydrogens is 429 g/mol. The monoisotopic (exact) mass is 455 g/mol. The Balaban J connectivity index is 1.56. The maximum absolute atomic E-state index is 13.7. The van der Waals surface area contributed by atoms with Gasteiger partial charge >= 0.3 is 0 Å². The zero-order valence-corrected chi connectivity index (χ0v) is 19.0. The summed E-state index contributed by atoms with van der Waals surface area (Å²) in [4.78, 5) is 24.9. The first-order valence-corrected chi connectivity index (χ1v) is 11.4. The molecular formula is C27H26FN5O. The third kappa shape index (κ3) is 4.47. The first kappa shape index (κ1) is 22.0. The number of rotatable bonds is 5. The molecule has 3 heterocycles. The zero-order valence-electron chi connectivity index (χ0n) is 19.0. The number of aromatic nitrogens is 3. The predicted octanol–water partition coefficient (Wildman–Crippen LogP) is 3.67. The predicted molar refractivity (Wildman–Crippen MR) is 132 cm³/mol. The molecule has 1 atom stereocenters. The van der Waals surface area contributed by atoms with Crippen LogP contribution in [0.2, 0.25) is 0 Å². The molecule has 4 aromatic rings. The van der Waals surface area contributed by atoms with Crippen molar-refractivity contribution >= 4 is 5.95 Å². The Morgan fingerprint density at radius 1 is 1.00 bits per heavy atom. The van der Waals surface area contributed by atoms with Crippen LogP contribution in [-0.2, 0) is 13.5 Å². The molecule has 0 bridgehead atoms. The van der Waals surface area contributed by atoms with Crippen molar-refractivity contribution < 1.29 is 4.39 Å². The molecule has 5 rings (SSSR count). The number of halogens is 1. The number of anilines is 1. The molecule has 0 spiro atoms. The maximum atomic E-state index is 13.7. The number of hydrogen-bond acceptors (Lipinski definition) is 5. The lowest BCUT2D eigenvalue weighted by atomic mass is 10.0. The maximum Gasteiger partial charge on any atom is 0.263 e. The minimum Gasteiger partial charge on any atom is -0.339 e. The highest BCUT2D eigenvalue weighted by molar-refractivity contribution is 5.80. The second-order valence-electron chi connectivity index (χ2n) is 8.53. The topological polar surface area (TPSA) is 63.1 Å². The van der Waals surface area contributed by atoms with Crippen LogP contribution in [0.25, 0.3) is 22.4 Å². The van der Waals surface area contributed by atoms with Crippen LogP contribution < -0.4 is 15.8 Å². The van der Waals surface area contributed by atoms with E-state index in [1.807, 2.05) is 18.2 Å². The van der Waals surface area contributed by atoms with Crippen molar-refractivity contribution in [3.63, 3.8) is 0 Å². The molecule has 1 fully saturated rings. The average Bonchev–Trinajstić information content (AvgIpc) is 2.87. The fourth-order valence-corrected chi connectivity index (χ4v) is 4.51. The molecule has 2 aromatic carbocycles. The molecule has 0 radical (unpaired) electrons. The van der Waals surface area contributed by atoms with E-state index in [0.29, 0.717) is 22.8 Å². The van der Waals surface area contributed by atoms with Gasteiger partial charge in [-0.1, -0.05) is 42.5 Å². The molecule has 2 aromatic heterocycles. The summed E-state index contributed by atoms with van der Waals surface area (Å²) in [7, 11) is 1.75.